The summed E-state index contributed by atoms with van der Waals surface area (Å²) in [7, 11) is 0. The Balaban J connectivity index is 4.09. The molecule has 2 nitrogen and oxygen atoms in total. The lowest BCUT2D eigenvalue weighted by atomic mass is 9.84. The zero-order valence-electron chi connectivity index (χ0n) is 6.40. The molecule has 0 heterocycles. The van der Waals surface area contributed by atoms with E-state index in [-0.39, 0.29) is 11.2 Å². The third-order valence-corrected chi connectivity index (χ3v) is 2.08. The lowest BCUT2D eigenvalue weighted by molar-refractivity contribution is -0.125. The van der Waals surface area contributed by atoms with Gasteiger partial charge in [-0.3, -0.25) is 4.79 Å². The van der Waals surface area contributed by atoms with E-state index >= 15 is 0 Å². The molecule has 0 amide bonds. The Morgan fingerprint density at radius 1 is 1.67 bits per heavy atom. The summed E-state index contributed by atoms with van der Waals surface area (Å²) in [5.74, 6) is 0.188. The van der Waals surface area contributed by atoms with Gasteiger partial charge in [0, 0.05) is 12.0 Å². The highest BCUT2D eigenvalue weighted by Crippen LogP contribution is 2.19. The third kappa shape index (κ3) is 1.79. The smallest absolute Gasteiger partial charge is 0.136 e. The minimum atomic E-state index is -0.278. The van der Waals surface area contributed by atoms with Crippen molar-refractivity contribution in [3.05, 3.63) is 0 Å². The Bertz CT molecular complexity index is 105. The summed E-state index contributed by atoms with van der Waals surface area (Å²) in [5.41, 5.74) is 5.12. The summed E-state index contributed by atoms with van der Waals surface area (Å²) in [5, 5.41) is 0. The van der Waals surface area contributed by atoms with Gasteiger partial charge in [0.2, 0.25) is 0 Å². The summed E-state index contributed by atoms with van der Waals surface area (Å²) < 4.78 is 0. The topological polar surface area (TPSA) is 43.1 Å². The van der Waals surface area contributed by atoms with Gasteiger partial charge in [0.05, 0.1) is 0 Å². The first kappa shape index (κ1) is 8.63. The molecule has 0 saturated carbocycles. The third-order valence-electron chi connectivity index (χ3n) is 2.08. The molecular weight excluding hydrogens is 114 g/mol. The molecular formula is C7H15NO. The van der Waals surface area contributed by atoms with Gasteiger partial charge >= 0.3 is 0 Å². The molecule has 0 spiro atoms. The van der Waals surface area contributed by atoms with Crippen LogP contribution >= 0.6 is 0 Å². The number of hydrogen-bond acceptors (Lipinski definition) is 2. The van der Waals surface area contributed by atoms with Gasteiger partial charge in [-0.05, 0) is 13.3 Å². The summed E-state index contributed by atoms with van der Waals surface area (Å²) in [4.78, 5) is 10.8. The van der Waals surface area contributed by atoms with Crippen molar-refractivity contribution in [2.75, 3.05) is 6.54 Å². The minimum absolute atomic E-state index is 0.188. The zero-order valence-corrected chi connectivity index (χ0v) is 6.40. The van der Waals surface area contributed by atoms with Crippen LogP contribution in [0.5, 0.6) is 0 Å². The number of Topliss-reactive ketones (excluding diaryl/α,β-unsaturated/α-hetero) is 1. The normalized spacial score (nSPS) is 16.9. The molecule has 0 radical (unpaired) electrons. The number of ketones is 1. The first-order chi connectivity index (χ1) is 4.06. The summed E-state index contributed by atoms with van der Waals surface area (Å²) in [6, 6.07) is 0. The van der Waals surface area contributed by atoms with Gasteiger partial charge in [-0.25, -0.2) is 0 Å². The molecule has 0 saturated heterocycles. The molecule has 0 aliphatic rings. The molecule has 0 bridgehead atoms. The molecule has 2 N–H and O–H groups in total. The number of hydrogen-bond donors (Lipinski definition) is 1. The lowest BCUT2D eigenvalue weighted by Crippen LogP contribution is -2.33. The molecule has 54 valence electrons. The molecule has 0 fully saturated rings. The number of carbonyl (C=O) groups excluding carboxylic acids is 1. The van der Waals surface area contributed by atoms with Gasteiger partial charge < -0.3 is 5.73 Å². The van der Waals surface area contributed by atoms with Crippen molar-refractivity contribution >= 4 is 5.78 Å². The molecule has 9 heavy (non-hydrogen) atoms. The Morgan fingerprint density at radius 3 is 2.11 bits per heavy atom. The molecule has 0 aromatic heterocycles. The molecule has 0 aliphatic carbocycles. The quantitative estimate of drug-likeness (QED) is 0.616. The van der Waals surface area contributed by atoms with Crippen molar-refractivity contribution in [1.29, 1.82) is 0 Å². The van der Waals surface area contributed by atoms with Gasteiger partial charge in [-0.2, -0.15) is 0 Å². The SMILES string of the molecule is CCC(C)(CN)C(C)=O. The Hall–Kier alpha value is -0.370. The van der Waals surface area contributed by atoms with E-state index in [0.29, 0.717) is 6.54 Å². The zero-order chi connectivity index (χ0) is 7.49. The average Bonchev–Trinajstić information content (AvgIpc) is 1.86. The highest BCUT2D eigenvalue weighted by molar-refractivity contribution is 5.82. The molecule has 1 unspecified atom stereocenters. The largest absolute Gasteiger partial charge is 0.329 e. The second-order valence-electron chi connectivity index (χ2n) is 2.67. The lowest BCUT2D eigenvalue weighted by Gasteiger charge is -2.21. The second-order valence-corrected chi connectivity index (χ2v) is 2.67. The van der Waals surface area contributed by atoms with Crippen molar-refractivity contribution in [3.8, 4) is 0 Å². The fourth-order valence-corrected chi connectivity index (χ4v) is 0.537. The van der Waals surface area contributed by atoms with Crippen LogP contribution < -0.4 is 5.73 Å². The first-order valence-electron chi connectivity index (χ1n) is 3.28. The highest BCUT2D eigenvalue weighted by atomic mass is 16.1. The monoisotopic (exact) mass is 129 g/mol. The van der Waals surface area contributed by atoms with Gasteiger partial charge in [-0.15, -0.1) is 0 Å². The van der Waals surface area contributed by atoms with E-state index in [2.05, 4.69) is 0 Å². The molecule has 0 rings (SSSR count). The Morgan fingerprint density at radius 2 is 2.11 bits per heavy atom. The van der Waals surface area contributed by atoms with Gasteiger partial charge in [-0.1, -0.05) is 13.8 Å². The van der Waals surface area contributed by atoms with Crippen LogP contribution in [-0.4, -0.2) is 12.3 Å². The van der Waals surface area contributed by atoms with Gasteiger partial charge in [0.1, 0.15) is 5.78 Å². The van der Waals surface area contributed by atoms with E-state index < -0.39 is 0 Å². The minimum Gasteiger partial charge on any atom is -0.329 e. The van der Waals surface area contributed by atoms with E-state index in [9.17, 15) is 4.79 Å². The summed E-state index contributed by atoms with van der Waals surface area (Å²) in [6.45, 7) is 5.93. The van der Waals surface area contributed by atoms with E-state index in [1.54, 1.807) is 6.92 Å². The van der Waals surface area contributed by atoms with Crippen LogP contribution in [0.4, 0.5) is 0 Å². The summed E-state index contributed by atoms with van der Waals surface area (Å²) >= 11 is 0. The maximum absolute atomic E-state index is 10.8. The Kier molecular flexibility index (Phi) is 2.85. The first-order valence-corrected chi connectivity index (χ1v) is 3.28. The maximum atomic E-state index is 10.8. The fraction of sp³-hybridized carbons (Fsp3) is 0.857. The van der Waals surface area contributed by atoms with Crippen molar-refractivity contribution in [1.82, 2.24) is 0 Å². The van der Waals surface area contributed by atoms with Crippen LogP contribution in [0.3, 0.4) is 0 Å². The molecule has 0 aromatic rings. The van der Waals surface area contributed by atoms with Crippen molar-refractivity contribution in [3.63, 3.8) is 0 Å². The van der Waals surface area contributed by atoms with E-state index in [1.165, 1.54) is 0 Å². The van der Waals surface area contributed by atoms with Crippen LogP contribution in [0, 0.1) is 5.41 Å². The van der Waals surface area contributed by atoms with Crippen LogP contribution in [0.15, 0.2) is 0 Å². The van der Waals surface area contributed by atoms with Crippen molar-refractivity contribution in [2.24, 2.45) is 11.1 Å². The van der Waals surface area contributed by atoms with Gasteiger partial charge in [0.25, 0.3) is 0 Å². The van der Waals surface area contributed by atoms with Gasteiger partial charge in [0.15, 0.2) is 0 Å². The fourth-order valence-electron chi connectivity index (χ4n) is 0.537. The maximum Gasteiger partial charge on any atom is 0.136 e. The van der Waals surface area contributed by atoms with Crippen molar-refractivity contribution < 1.29 is 4.79 Å². The molecule has 0 aliphatic heterocycles. The Labute approximate surface area is 56.4 Å². The molecule has 2 heteroatoms. The van der Waals surface area contributed by atoms with E-state index in [0.717, 1.165) is 6.42 Å². The van der Waals surface area contributed by atoms with Crippen LogP contribution in [0.1, 0.15) is 27.2 Å². The second kappa shape index (κ2) is 2.97. The predicted molar refractivity (Wildman–Crippen MR) is 38.1 cm³/mol. The van der Waals surface area contributed by atoms with E-state index in [4.69, 9.17) is 5.73 Å². The molecule has 0 aromatic carbocycles. The molecule has 1 atom stereocenters. The standard InChI is InChI=1S/C7H15NO/c1-4-7(3,5-8)6(2)9/h4-5,8H2,1-3H3. The van der Waals surface area contributed by atoms with E-state index in [1.807, 2.05) is 13.8 Å². The van der Waals surface area contributed by atoms with Crippen molar-refractivity contribution in [2.45, 2.75) is 27.2 Å². The van der Waals surface area contributed by atoms with Crippen LogP contribution in [-0.2, 0) is 4.79 Å². The summed E-state index contributed by atoms with van der Waals surface area (Å²) in [6.07, 6.45) is 0.832. The van der Waals surface area contributed by atoms with Crippen LogP contribution in [0.25, 0.3) is 0 Å². The number of rotatable bonds is 3. The highest BCUT2D eigenvalue weighted by Gasteiger charge is 2.24. The number of nitrogens with two attached hydrogens (primary N) is 1. The number of carbonyl (C=O) groups is 1. The average molecular weight is 129 g/mol. The predicted octanol–water partition coefficient (Wildman–Crippen LogP) is 0.950. The van der Waals surface area contributed by atoms with Crippen LogP contribution in [0.2, 0.25) is 0 Å².